The summed E-state index contributed by atoms with van der Waals surface area (Å²) in [6.07, 6.45) is 1.52. The first-order valence-corrected chi connectivity index (χ1v) is 8.17. The Balaban J connectivity index is 1.73. The summed E-state index contributed by atoms with van der Waals surface area (Å²) in [5.41, 5.74) is 4.45. The molecule has 0 bridgehead atoms. The SMILES string of the molecule is OCc1ccc(-c2cc3c(Nc4cccc(Cl)c4)ncnc3[nH]2)cc1. The molecule has 2 aromatic heterocycles. The Hall–Kier alpha value is -2.89. The van der Waals surface area contributed by atoms with Crippen molar-refractivity contribution in [2.75, 3.05) is 5.32 Å². The van der Waals surface area contributed by atoms with Crippen LogP contribution in [0.15, 0.2) is 60.9 Å². The number of nitrogens with zero attached hydrogens (tertiary/aromatic N) is 2. The second kappa shape index (κ2) is 6.55. The second-order valence-corrected chi connectivity index (χ2v) is 6.09. The number of benzene rings is 2. The number of aromatic amines is 1. The first-order valence-electron chi connectivity index (χ1n) is 7.79. The lowest BCUT2D eigenvalue weighted by molar-refractivity contribution is 0.282. The van der Waals surface area contributed by atoms with Crippen LogP contribution in [-0.4, -0.2) is 20.1 Å². The van der Waals surface area contributed by atoms with E-state index in [1.165, 1.54) is 6.33 Å². The van der Waals surface area contributed by atoms with Gasteiger partial charge in [-0.1, -0.05) is 41.9 Å². The van der Waals surface area contributed by atoms with Crippen LogP contribution in [0, 0.1) is 0 Å². The number of aliphatic hydroxyl groups excluding tert-OH is 1. The Kier molecular flexibility index (Phi) is 4.09. The predicted octanol–water partition coefficient (Wildman–Crippen LogP) is 4.51. The molecule has 0 radical (unpaired) electrons. The summed E-state index contributed by atoms with van der Waals surface area (Å²) >= 11 is 6.04. The zero-order chi connectivity index (χ0) is 17.2. The van der Waals surface area contributed by atoms with E-state index in [1.54, 1.807) is 0 Å². The summed E-state index contributed by atoms with van der Waals surface area (Å²) in [7, 11) is 0. The molecule has 5 nitrogen and oxygen atoms in total. The lowest BCUT2D eigenvalue weighted by Crippen LogP contribution is -1.94. The smallest absolute Gasteiger partial charge is 0.143 e. The molecule has 0 saturated carbocycles. The first-order chi connectivity index (χ1) is 12.2. The van der Waals surface area contributed by atoms with E-state index in [1.807, 2.05) is 54.6 Å². The van der Waals surface area contributed by atoms with Crippen molar-refractivity contribution in [1.29, 1.82) is 0 Å². The van der Waals surface area contributed by atoms with Crippen molar-refractivity contribution in [3.8, 4) is 11.3 Å². The molecule has 6 heteroatoms. The van der Waals surface area contributed by atoms with Crippen LogP contribution >= 0.6 is 11.6 Å². The van der Waals surface area contributed by atoms with E-state index in [0.29, 0.717) is 10.8 Å². The number of fused-ring (bicyclic) bond motifs is 1. The number of nitrogens with one attached hydrogen (secondary N) is 2. The Morgan fingerprint density at radius 3 is 2.64 bits per heavy atom. The number of hydrogen-bond donors (Lipinski definition) is 3. The highest BCUT2D eigenvalue weighted by atomic mass is 35.5. The summed E-state index contributed by atoms with van der Waals surface area (Å²) in [5, 5.41) is 14.0. The van der Waals surface area contributed by atoms with Gasteiger partial charge >= 0.3 is 0 Å². The van der Waals surface area contributed by atoms with Crippen LogP contribution in [0.5, 0.6) is 0 Å². The largest absolute Gasteiger partial charge is 0.392 e. The molecular weight excluding hydrogens is 336 g/mol. The topological polar surface area (TPSA) is 73.8 Å². The van der Waals surface area contributed by atoms with Crippen molar-refractivity contribution in [1.82, 2.24) is 15.0 Å². The maximum Gasteiger partial charge on any atom is 0.143 e. The minimum atomic E-state index is 0.0339. The van der Waals surface area contributed by atoms with Crippen molar-refractivity contribution < 1.29 is 5.11 Å². The van der Waals surface area contributed by atoms with Gasteiger partial charge in [-0.05, 0) is 35.4 Å². The highest BCUT2D eigenvalue weighted by Crippen LogP contribution is 2.29. The van der Waals surface area contributed by atoms with E-state index in [4.69, 9.17) is 16.7 Å². The standard InChI is InChI=1S/C19H15ClN4O/c20-14-2-1-3-15(8-14)23-18-16-9-17(24-19(16)22-11-21-18)13-6-4-12(10-25)5-7-13/h1-9,11,25H,10H2,(H2,21,22,23,24). The zero-order valence-corrected chi connectivity index (χ0v) is 14.0. The third kappa shape index (κ3) is 3.20. The molecule has 0 aliphatic rings. The van der Waals surface area contributed by atoms with Gasteiger partial charge in [0, 0.05) is 16.4 Å². The normalized spacial score (nSPS) is 11.0. The molecule has 25 heavy (non-hydrogen) atoms. The van der Waals surface area contributed by atoms with Gasteiger partial charge in [0.2, 0.25) is 0 Å². The maximum atomic E-state index is 9.17. The molecule has 4 rings (SSSR count). The highest BCUT2D eigenvalue weighted by Gasteiger charge is 2.10. The van der Waals surface area contributed by atoms with Gasteiger partial charge in [0.05, 0.1) is 12.0 Å². The monoisotopic (exact) mass is 350 g/mol. The van der Waals surface area contributed by atoms with Crippen LogP contribution in [0.2, 0.25) is 5.02 Å². The van der Waals surface area contributed by atoms with Gasteiger partial charge in [-0.3, -0.25) is 0 Å². The average Bonchev–Trinajstić information content (AvgIpc) is 3.07. The summed E-state index contributed by atoms with van der Waals surface area (Å²) in [6.45, 7) is 0.0339. The van der Waals surface area contributed by atoms with E-state index in [0.717, 1.165) is 33.5 Å². The summed E-state index contributed by atoms with van der Waals surface area (Å²) in [4.78, 5) is 12.0. The molecule has 0 fully saturated rings. The number of H-pyrrole nitrogens is 1. The quantitative estimate of drug-likeness (QED) is 0.506. The van der Waals surface area contributed by atoms with Crippen molar-refractivity contribution in [3.63, 3.8) is 0 Å². The van der Waals surface area contributed by atoms with Crippen LogP contribution in [0.3, 0.4) is 0 Å². The summed E-state index contributed by atoms with van der Waals surface area (Å²) in [5.74, 6) is 0.710. The van der Waals surface area contributed by atoms with E-state index in [-0.39, 0.29) is 6.61 Å². The molecule has 0 unspecified atom stereocenters. The van der Waals surface area contributed by atoms with E-state index < -0.39 is 0 Å². The Morgan fingerprint density at radius 2 is 1.88 bits per heavy atom. The van der Waals surface area contributed by atoms with Gasteiger partial charge in [0.1, 0.15) is 17.8 Å². The number of anilines is 2. The molecule has 0 amide bonds. The molecule has 2 heterocycles. The third-order valence-corrected chi connectivity index (χ3v) is 4.20. The molecule has 2 aromatic carbocycles. The van der Waals surface area contributed by atoms with Crippen LogP contribution in [-0.2, 0) is 6.61 Å². The number of aliphatic hydroxyl groups is 1. The van der Waals surface area contributed by atoms with Gasteiger partial charge in [-0.15, -0.1) is 0 Å². The molecule has 0 aliphatic carbocycles. The molecule has 0 aliphatic heterocycles. The minimum absolute atomic E-state index is 0.0339. The van der Waals surface area contributed by atoms with Crippen LogP contribution < -0.4 is 5.32 Å². The summed E-state index contributed by atoms with van der Waals surface area (Å²) < 4.78 is 0. The first kappa shape index (κ1) is 15.6. The Labute approximate surface area is 149 Å². The van der Waals surface area contributed by atoms with Crippen molar-refractivity contribution in [3.05, 3.63) is 71.5 Å². The van der Waals surface area contributed by atoms with Gasteiger partial charge in [0.15, 0.2) is 0 Å². The Bertz CT molecular complexity index is 1030. The van der Waals surface area contributed by atoms with E-state index in [9.17, 15) is 0 Å². The number of rotatable bonds is 4. The van der Waals surface area contributed by atoms with Crippen LogP contribution in [0.4, 0.5) is 11.5 Å². The Morgan fingerprint density at radius 1 is 1.04 bits per heavy atom. The summed E-state index contributed by atoms with van der Waals surface area (Å²) in [6, 6.07) is 17.2. The predicted molar refractivity (Wildman–Crippen MR) is 100.0 cm³/mol. The number of aromatic nitrogens is 3. The van der Waals surface area contributed by atoms with Crippen molar-refractivity contribution in [2.45, 2.75) is 6.61 Å². The minimum Gasteiger partial charge on any atom is -0.392 e. The molecule has 0 atom stereocenters. The second-order valence-electron chi connectivity index (χ2n) is 5.66. The third-order valence-electron chi connectivity index (χ3n) is 3.96. The zero-order valence-electron chi connectivity index (χ0n) is 13.2. The lowest BCUT2D eigenvalue weighted by Gasteiger charge is -2.06. The van der Waals surface area contributed by atoms with Gasteiger partial charge in [0.25, 0.3) is 0 Å². The fourth-order valence-electron chi connectivity index (χ4n) is 2.69. The molecular formula is C19H15ClN4O. The van der Waals surface area contributed by atoms with Gasteiger partial charge < -0.3 is 15.4 Å². The highest BCUT2D eigenvalue weighted by molar-refractivity contribution is 6.30. The molecule has 0 spiro atoms. The molecule has 124 valence electrons. The van der Waals surface area contributed by atoms with Gasteiger partial charge in [-0.2, -0.15) is 0 Å². The van der Waals surface area contributed by atoms with Crippen LogP contribution in [0.25, 0.3) is 22.3 Å². The van der Waals surface area contributed by atoms with E-state index in [2.05, 4.69) is 20.3 Å². The fraction of sp³-hybridized carbons (Fsp3) is 0.0526. The van der Waals surface area contributed by atoms with Gasteiger partial charge in [-0.25, -0.2) is 9.97 Å². The molecule has 4 aromatic rings. The average molecular weight is 351 g/mol. The van der Waals surface area contributed by atoms with Crippen LogP contribution in [0.1, 0.15) is 5.56 Å². The van der Waals surface area contributed by atoms with E-state index >= 15 is 0 Å². The van der Waals surface area contributed by atoms with Crippen molar-refractivity contribution in [2.24, 2.45) is 0 Å². The number of hydrogen-bond acceptors (Lipinski definition) is 4. The fourth-order valence-corrected chi connectivity index (χ4v) is 2.88. The number of halogens is 1. The van der Waals surface area contributed by atoms with Crippen molar-refractivity contribution >= 4 is 34.1 Å². The maximum absolute atomic E-state index is 9.17. The molecule has 3 N–H and O–H groups in total. The lowest BCUT2D eigenvalue weighted by atomic mass is 10.1. The molecule has 0 saturated heterocycles.